The Morgan fingerprint density at radius 3 is 2.69 bits per heavy atom. The lowest BCUT2D eigenvalue weighted by molar-refractivity contribution is 0.586. The summed E-state index contributed by atoms with van der Waals surface area (Å²) in [4.78, 5) is 0. The average molecular weight is 245 g/mol. The zero-order chi connectivity index (χ0) is 11.8. The molecule has 0 radical (unpaired) electrons. The molecule has 0 unspecified atom stereocenters. The molecule has 5 nitrogen and oxygen atoms in total. The van der Waals surface area contributed by atoms with Crippen LogP contribution in [0.3, 0.4) is 0 Å². The number of nitrogen functional groups attached to an aromatic ring is 1. The lowest BCUT2D eigenvalue weighted by atomic mass is 10.3. The van der Waals surface area contributed by atoms with E-state index in [1.54, 1.807) is 0 Å². The highest BCUT2D eigenvalue weighted by molar-refractivity contribution is 7.90. The van der Waals surface area contributed by atoms with Gasteiger partial charge < -0.3 is 5.73 Å². The molecule has 2 rings (SSSR count). The molecule has 0 spiro atoms. The van der Waals surface area contributed by atoms with Crippen LogP contribution in [0.25, 0.3) is 0 Å². The van der Waals surface area contributed by atoms with Gasteiger partial charge in [0.15, 0.2) is 0 Å². The van der Waals surface area contributed by atoms with E-state index in [1.165, 1.54) is 12.1 Å². The van der Waals surface area contributed by atoms with Gasteiger partial charge in [-0.15, -0.1) is 0 Å². The van der Waals surface area contributed by atoms with Crippen LogP contribution in [0.4, 0.5) is 15.8 Å². The highest BCUT2D eigenvalue weighted by Crippen LogP contribution is 2.23. The van der Waals surface area contributed by atoms with Gasteiger partial charge in [-0.3, -0.25) is 4.72 Å². The molecule has 16 heavy (non-hydrogen) atoms. The normalized spacial score (nSPS) is 16.1. The Kier molecular flexibility index (Phi) is 2.73. The summed E-state index contributed by atoms with van der Waals surface area (Å²) in [6.45, 7) is 0. The summed E-state index contributed by atoms with van der Waals surface area (Å²) in [6, 6.07) is 3.51. The molecule has 0 saturated heterocycles. The van der Waals surface area contributed by atoms with E-state index >= 15 is 0 Å². The number of hydrogen-bond acceptors (Lipinski definition) is 3. The number of benzene rings is 1. The minimum Gasteiger partial charge on any atom is -0.397 e. The summed E-state index contributed by atoms with van der Waals surface area (Å²) in [7, 11) is -3.66. The van der Waals surface area contributed by atoms with Crippen LogP contribution in [0, 0.1) is 5.82 Å². The van der Waals surface area contributed by atoms with E-state index in [4.69, 9.17) is 5.73 Å². The van der Waals surface area contributed by atoms with Gasteiger partial charge in [-0.25, -0.2) is 4.39 Å². The summed E-state index contributed by atoms with van der Waals surface area (Å²) in [6.07, 6.45) is 1.67. The zero-order valence-corrected chi connectivity index (χ0v) is 9.22. The van der Waals surface area contributed by atoms with Crippen LogP contribution in [-0.4, -0.2) is 14.5 Å². The Labute approximate surface area is 93.0 Å². The Morgan fingerprint density at radius 1 is 1.38 bits per heavy atom. The van der Waals surface area contributed by atoms with Crippen LogP contribution >= 0.6 is 0 Å². The van der Waals surface area contributed by atoms with E-state index in [9.17, 15) is 12.8 Å². The van der Waals surface area contributed by atoms with Gasteiger partial charge in [0.05, 0.1) is 11.4 Å². The van der Waals surface area contributed by atoms with Gasteiger partial charge in [0, 0.05) is 12.1 Å². The maximum atomic E-state index is 12.9. The van der Waals surface area contributed by atoms with E-state index < -0.39 is 16.0 Å². The summed E-state index contributed by atoms with van der Waals surface area (Å²) in [5.41, 5.74) is 5.75. The first-order chi connectivity index (χ1) is 7.46. The molecule has 88 valence electrons. The van der Waals surface area contributed by atoms with E-state index in [0.717, 1.165) is 18.9 Å². The molecule has 1 saturated carbocycles. The van der Waals surface area contributed by atoms with Crippen molar-refractivity contribution in [3.63, 3.8) is 0 Å². The molecule has 0 atom stereocenters. The predicted octanol–water partition coefficient (Wildman–Crippen LogP) is 0.817. The third-order valence-corrected chi connectivity index (χ3v) is 3.29. The van der Waals surface area contributed by atoms with Gasteiger partial charge in [0.1, 0.15) is 5.82 Å². The fraction of sp³-hybridized carbons (Fsp3) is 0.333. The first-order valence-electron chi connectivity index (χ1n) is 4.81. The van der Waals surface area contributed by atoms with E-state index in [2.05, 4.69) is 9.44 Å². The van der Waals surface area contributed by atoms with Crippen molar-refractivity contribution in [3.05, 3.63) is 24.0 Å². The standard InChI is InChI=1S/C9H12FN3O2S/c10-6-1-4-8(11)9(5-6)13-16(14,15)12-7-2-3-7/h1,4-5,7,12-13H,2-3,11H2. The SMILES string of the molecule is Nc1ccc(F)cc1NS(=O)(=O)NC1CC1. The lowest BCUT2D eigenvalue weighted by Crippen LogP contribution is -2.32. The molecule has 0 aromatic heterocycles. The molecule has 0 heterocycles. The van der Waals surface area contributed by atoms with Crippen molar-refractivity contribution in [2.45, 2.75) is 18.9 Å². The number of nitrogens with one attached hydrogen (secondary N) is 2. The monoisotopic (exact) mass is 245 g/mol. The lowest BCUT2D eigenvalue weighted by Gasteiger charge is -2.10. The molecule has 0 amide bonds. The Balaban J connectivity index is 2.15. The maximum absolute atomic E-state index is 12.9. The van der Waals surface area contributed by atoms with Crippen LogP contribution in [0.15, 0.2) is 18.2 Å². The zero-order valence-electron chi connectivity index (χ0n) is 8.40. The fourth-order valence-electron chi connectivity index (χ4n) is 1.21. The van der Waals surface area contributed by atoms with Crippen molar-refractivity contribution in [2.75, 3.05) is 10.5 Å². The third-order valence-electron chi connectivity index (χ3n) is 2.16. The molecule has 0 aliphatic heterocycles. The van der Waals surface area contributed by atoms with Gasteiger partial charge in [0.25, 0.3) is 10.2 Å². The van der Waals surface area contributed by atoms with Gasteiger partial charge in [-0.2, -0.15) is 13.1 Å². The van der Waals surface area contributed by atoms with Crippen molar-refractivity contribution in [3.8, 4) is 0 Å². The molecule has 1 aromatic carbocycles. The van der Waals surface area contributed by atoms with Gasteiger partial charge in [-0.1, -0.05) is 0 Å². The summed E-state index contributed by atoms with van der Waals surface area (Å²) >= 11 is 0. The summed E-state index contributed by atoms with van der Waals surface area (Å²) in [5.74, 6) is -0.543. The van der Waals surface area contributed by atoms with Crippen LogP contribution in [0.1, 0.15) is 12.8 Å². The van der Waals surface area contributed by atoms with E-state index in [1.807, 2.05) is 0 Å². The molecule has 1 fully saturated rings. The molecule has 1 aliphatic carbocycles. The van der Waals surface area contributed by atoms with E-state index in [-0.39, 0.29) is 17.4 Å². The molecule has 0 bridgehead atoms. The molecule has 1 aliphatic rings. The van der Waals surface area contributed by atoms with Crippen LogP contribution < -0.4 is 15.2 Å². The van der Waals surface area contributed by atoms with Crippen molar-refractivity contribution in [2.24, 2.45) is 0 Å². The molecule has 7 heteroatoms. The maximum Gasteiger partial charge on any atom is 0.299 e. The smallest absolute Gasteiger partial charge is 0.299 e. The number of anilines is 2. The van der Waals surface area contributed by atoms with Crippen molar-refractivity contribution in [1.82, 2.24) is 4.72 Å². The first kappa shape index (κ1) is 11.2. The topological polar surface area (TPSA) is 84.2 Å². The van der Waals surface area contributed by atoms with Gasteiger partial charge in [0.2, 0.25) is 0 Å². The largest absolute Gasteiger partial charge is 0.397 e. The number of halogens is 1. The van der Waals surface area contributed by atoms with Crippen LogP contribution in [0.2, 0.25) is 0 Å². The van der Waals surface area contributed by atoms with Crippen LogP contribution in [-0.2, 0) is 10.2 Å². The molecular weight excluding hydrogens is 233 g/mol. The number of nitrogens with two attached hydrogens (primary N) is 1. The molecular formula is C9H12FN3O2S. The second-order valence-electron chi connectivity index (χ2n) is 3.73. The third kappa shape index (κ3) is 2.83. The van der Waals surface area contributed by atoms with Gasteiger partial charge in [-0.05, 0) is 25.0 Å². The summed E-state index contributed by atoms with van der Waals surface area (Å²) in [5, 5.41) is 0. The highest BCUT2D eigenvalue weighted by atomic mass is 32.2. The van der Waals surface area contributed by atoms with Crippen molar-refractivity contribution in [1.29, 1.82) is 0 Å². The average Bonchev–Trinajstić information content (AvgIpc) is 2.94. The Hall–Kier alpha value is -1.34. The fourth-order valence-corrected chi connectivity index (χ4v) is 2.41. The summed E-state index contributed by atoms with van der Waals surface area (Å²) < 4.78 is 40.5. The second kappa shape index (κ2) is 3.91. The predicted molar refractivity (Wildman–Crippen MR) is 59.5 cm³/mol. The Bertz CT molecular complexity index is 499. The van der Waals surface area contributed by atoms with Crippen molar-refractivity contribution < 1.29 is 12.8 Å². The second-order valence-corrected chi connectivity index (χ2v) is 5.18. The van der Waals surface area contributed by atoms with Crippen molar-refractivity contribution >= 4 is 21.6 Å². The minimum absolute atomic E-state index is 0.00714. The first-order valence-corrected chi connectivity index (χ1v) is 6.30. The number of rotatable bonds is 4. The highest BCUT2D eigenvalue weighted by Gasteiger charge is 2.27. The Morgan fingerprint density at radius 2 is 2.06 bits per heavy atom. The van der Waals surface area contributed by atoms with Gasteiger partial charge >= 0.3 is 0 Å². The quantitative estimate of drug-likeness (QED) is 0.686. The minimum atomic E-state index is -3.66. The molecule has 4 N–H and O–H groups in total. The molecule has 1 aromatic rings. The number of hydrogen-bond donors (Lipinski definition) is 3. The van der Waals surface area contributed by atoms with Crippen LogP contribution in [0.5, 0.6) is 0 Å². The van der Waals surface area contributed by atoms with E-state index in [0.29, 0.717) is 0 Å².